The molecular formula is C21H23IN2O4. The van der Waals surface area contributed by atoms with Gasteiger partial charge in [-0.2, -0.15) is 0 Å². The fraction of sp³-hybridized carbons (Fsp3) is 0.333. The van der Waals surface area contributed by atoms with Gasteiger partial charge in [-0.1, -0.05) is 12.1 Å². The number of rotatable bonds is 10. The molecule has 0 heterocycles. The highest BCUT2D eigenvalue weighted by molar-refractivity contribution is 14.1. The van der Waals surface area contributed by atoms with Gasteiger partial charge in [0, 0.05) is 16.2 Å². The van der Waals surface area contributed by atoms with E-state index in [0.29, 0.717) is 30.5 Å². The SMILES string of the molecule is O=C(COc1ccc(I)cc1)NCCc1ccc(OCC(=O)NC2CC2)cc1. The van der Waals surface area contributed by atoms with E-state index in [1.54, 1.807) is 0 Å². The summed E-state index contributed by atoms with van der Waals surface area (Å²) in [5.74, 6) is 1.10. The van der Waals surface area contributed by atoms with Gasteiger partial charge >= 0.3 is 0 Å². The van der Waals surface area contributed by atoms with Crippen LogP contribution in [0.15, 0.2) is 48.5 Å². The number of hydrogen-bond donors (Lipinski definition) is 2. The van der Waals surface area contributed by atoms with Gasteiger partial charge in [0.05, 0.1) is 0 Å². The first-order valence-electron chi connectivity index (χ1n) is 9.24. The summed E-state index contributed by atoms with van der Waals surface area (Å²) in [5.41, 5.74) is 1.08. The lowest BCUT2D eigenvalue weighted by molar-refractivity contribution is -0.123. The van der Waals surface area contributed by atoms with Crippen LogP contribution in [0.1, 0.15) is 18.4 Å². The van der Waals surface area contributed by atoms with E-state index in [0.717, 1.165) is 22.0 Å². The van der Waals surface area contributed by atoms with Gasteiger partial charge in [-0.3, -0.25) is 9.59 Å². The minimum absolute atomic E-state index is 0.00368. The largest absolute Gasteiger partial charge is 0.484 e. The summed E-state index contributed by atoms with van der Waals surface area (Å²) in [6.07, 6.45) is 2.83. The number of carbonyl (C=O) groups is 2. The van der Waals surface area contributed by atoms with Gasteiger partial charge in [0.2, 0.25) is 0 Å². The molecule has 2 N–H and O–H groups in total. The van der Waals surface area contributed by atoms with Crippen molar-refractivity contribution < 1.29 is 19.1 Å². The molecule has 0 unspecified atom stereocenters. The fourth-order valence-electron chi connectivity index (χ4n) is 2.48. The first-order chi connectivity index (χ1) is 13.6. The van der Waals surface area contributed by atoms with Crippen LogP contribution in [0.2, 0.25) is 0 Å². The molecule has 1 aliphatic carbocycles. The Balaban J connectivity index is 1.31. The average molecular weight is 494 g/mol. The number of benzene rings is 2. The van der Waals surface area contributed by atoms with Crippen molar-refractivity contribution >= 4 is 34.4 Å². The van der Waals surface area contributed by atoms with Crippen molar-refractivity contribution in [3.63, 3.8) is 0 Å². The highest BCUT2D eigenvalue weighted by Crippen LogP contribution is 2.18. The van der Waals surface area contributed by atoms with Gasteiger partial charge in [0.1, 0.15) is 11.5 Å². The minimum atomic E-state index is -0.153. The first kappa shape index (κ1) is 20.4. The van der Waals surface area contributed by atoms with Crippen LogP contribution >= 0.6 is 22.6 Å². The van der Waals surface area contributed by atoms with E-state index in [4.69, 9.17) is 9.47 Å². The van der Waals surface area contributed by atoms with Crippen molar-refractivity contribution in [2.75, 3.05) is 19.8 Å². The molecule has 0 atom stereocenters. The predicted octanol–water partition coefficient (Wildman–Crippen LogP) is 2.69. The van der Waals surface area contributed by atoms with Crippen LogP contribution in [0.4, 0.5) is 0 Å². The summed E-state index contributed by atoms with van der Waals surface area (Å²) in [6, 6.07) is 15.4. The van der Waals surface area contributed by atoms with Gasteiger partial charge in [-0.15, -0.1) is 0 Å². The maximum Gasteiger partial charge on any atom is 0.258 e. The van der Waals surface area contributed by atoms with E-state index >= 15 is 0 Å². The molecule has 0 aliphatic heterocycles. The van der Waals surface area contributed by atoms with Gasteiger partial charge in [0.15, 0.2) is 13.2 Å². The molecule has 0 bridgehead atoms. The maximum atomic E-state index is 11.9. The van der Waals surface area contributed by atoms with Crippen molar-refractivity contribution in [1.29, 1.82) is 0 Å². The van der Waals surface area contributed by atoms with E-state index < -0.39 is 0 Å². The summed E-state index contributed by atoms with van der Waals surface area (Å²) in [4.78, 5) is 23.5. The van der Waals surface area contributed by atoms with Gasteiger partial charge in [-0.05, 0) is 83.8 Å². The summed E-state index contributed by atoms with van der Waals surface area (Å²) in [5, 5.41) is 5.72. The number of halogens is 1. The zero-order valence-corrected chi connectivity index (χ0v) is 17.6. The molecule has 1 aliphatic rings. The first-order valence-corrected chi connectivity index (χ1v) is 10.3. The number of carbonyl (C=O) groups excluding carboxylic acids is 2. The molecule has 3 rings (SSSR count). The molecule has 2 aromatic carbocycles. The van der Waals surface area contributed by atoms with Crippen LogP contribution in [0.3, 0.4) is 0 Å². The second-order valence-corrected chi connectivity index (χ2v) is 7.86. The van der Waals surface area contributed by atoms with Crippen molar-refractivity contribution in [3.05, 3.63) is 57.7 Å². The third kappa shape index (κ3) is 7.38. The quantitative estimate of drug-likeness (QED) is 0.499. The monoisotopic (exact) mass is 494 g/mol. The van der Waals surface area contributed by atoms with Crippen LogP contribution in [0.25, 0.3) is 0 Å². The third-order valence-electron chi connectivity index (χ3n) is 4.16. The van der Waals surface area contributed by atoms with Crippen molar-refractivity contribution in [3.8, 4) is 11.5 Å². The smallest absolute Gasteiger partial charge is 0.258 e. The average Bonchev–Trinajstić information content (AvgIpc) is 3.51. The van der Waals surface area contributed by atoms with Gasteiger partial charge < -0.3 is 20.1 Å². The number of nitrogens with one attached hydrogen (secondary N) is 2. The lowest BCUT2D eigenvalue weighted by atomic mass is 10.1. The Hall–Kier alpha value is -2.29. The molecule has 7 heteroatoms. The highest BCUT2D eigenvalue weighted by atomic mass is 127. The summed E-state index contributed by atoms with van der Waals surface area (Å²) < 4.78 is 12.0. The Morgan fingerprint density at radius 2 is 1.46 bits per heavy atom. The van der Waals surface area contributed by atoms with Crippen LogP contribution in [0, 0.1) is 3.57 Å². The molecule has 148 valence electrons. The second-order valence-electron chi connectivity index (χ2n) is 6.62. The van der Waals surface area contributed by atoms with Crippen LogP contribution in [-0.4, -0.2) is 37.6 Å². The zero-order chi connectivity index (χ0) is 19.8. The summed E-state index contributed by atoms with van der Waals surface area (Å²) in [7, 11) is 0. The highest BCUT2D eigenvalue weighted by Gasteiger charge is 2.23. The topological polar surface area (TPSA) is 76.7 Å². The number of amides is 2. The molecule has 1 saturated carbocycles. The van der Waals surface area contributed by atoms with E-state index in [1.165, 1.54) is 0 Å². The Morgan fingerprint density at radius 1 is 0.893 bits per heavy atom. The van der Waals surface area contributed by atoms with Crippen molar-refractivity contribution in [2.24, 2.45) is 0 Å². The van der Waals surface area contributed by atoms with Gasteiger partial charge in [0.25, 0.3) is 11.8 Å². The van der Waals surface area contributed by atoms with Crippen LogP contribution in [-0.2, 0) is 16.0 Å². The molecule has 0 radical (unpaired) electrons. The molecule has 0 aromatic heterocycles. The lowest BCUT2D eigenvalue weighted by Gasteiger charge is -2.09. The number of hydrogen-bond acceptors (Lipinski definition) is 4. The standard InChI is InChI=1S/C21H23IN2O4/c22-16-3-9-19(10-4-16)27-13-20(25)23-12-11-15-1-7-18(8-2-15)28-14-21(26)24-17-5-6-17/h1-4,7-10,17H,5-6,11-14H2,(H,23,25)(H,24,26). The van der Waals surface area contributed by atoms with Crippen LogP contribution in [0.5, 0.6) is 11.5 Å². The predicted molar refractivity (Wildman–Crippen MR) is 114 cm³/mol. The summed E-state index contributed by atoms with van der Waals surface area (Å²) in [6.45, 7) is 0.557. The molecule has 28 heavy (non-hydrogen) atoms. The third-order valence-corrected chi connectivity index (χ3v) is 4.87. The Morgan fingerprint density at radius 3 is 2.07 bits per heavy atom. The normalized spacial score (nSPS) is 12.9. The summed E-state index contributed by atoms with van der Waals surface area (Å²) >= 11 is 2.22. The Kier molecular flexibility index (Phi) is 7.53. The lowest BCUT2D eigenvalue weighted by Crippen LogP contribution is -2.30. The minimum Gasteiger partial charge on any atom is -0.484 e. The molecule has 0 spiro atoms. The Bertz CT molecular complexity index is 789. The van der Waals surface area contributed by atoms with E-state index in [9.17, 15) is 9.59 Å². The van der Waals surface area contributed by atoms with E-state index in [1.807, 2.05) is 48.5 Å². The molecule has 2 aromatic rings. The van der Waals surface area contributed by atoms with E-state index in [2.05, 4.69) is 33.2 Å². The second kappa shape index (κ2) is 10.3. The van der Waals surface area contributed by atoms with Gasteiger partial charge in [-0.25, -0.2) is 0 Å². The molecule has 6 nitrogen and oxygen atoms in total. The molecule has 1 fully saturated rings. The fourth-order valence-corrected chi connectivity index (χ4v) is 2.83. The number of ether oxygens (including phenoxy) is 2. The molecular weight excluding hydrogens is 471 g/mol. The van der Waals surface area contributed by atoms with E-state index in [-0.39, 0.29) is 25.0 Å². The maximum absolute atomic E-state index is 11.9. The van der Waals surface area contributed by atoms with Crippen molar-refractivity contribution in [1.82, 2.24) is 10.6 Å². The Labute approximate surface area is 178 Å². The zero-order valence-electron chi connectivity index (χ0n) is 15.4. The molecule has 0 saturated heterocycles. The van der Waals surface area contributed by atoms with Crippen LogP contribution < -0.4 is 20.1 Å². The molecule has 2 amide bonds. The van der Waals surface area contributed by atoms with Crippen molar-refractivity contribution in [2.45, 2.75) is 25.3 Å².